The Morgan fingerprint density at radius 2 is 0.980 bits per heavy atom. The number of carbonyl (C=O) groups is 2. The molecule has 0 aliphatic heterocycles. The van der Waals surface area contributed by atoms with E-state index in [-0.39, 0.29) is 26.1 Å². The van der Waals surface area contributed by atoms with Gasteiger partial charge in [0.15, 0.2) is 6.10 Å². The van der Waals surface area contributed by atoms with Crippen molar-refractivity contribution in [2.45, 2.75) is 180 Å². The number of aliphatic hydroxyl groups is 1. The molecule has 0 fully saturated rings. The number of unbranched alkanes of at least 4 members (excludes halogenated alkanes) is 18. The lowest BCUT2D eigenvalue weighted by atomic mass is 10.0. The van der Waals surface area contributed by atoms with Crippen molar-refractivity contribution in [1.82, 2.24) is 0 Å². The van der Waals surface area contributed by atoms with Crippen LogP contribution in [0.5, 0.6) is 0 Å². The van der Waals surface area contributed by atoms with Gasteiger partial charge in [-0.2, -0.15) is 0 Å². The number of rotatable bonds is 37. The van der Waals surface area contributed by atoms with Crippen LogP contribution in [-0.4, -0.2) is 52.8 Å². The van der Waals surface area contributed by atoms with Gasteiger partial charge in [0.1, 0.15) is 6.61 Å². The zero-order chi connectivity index (χ0) is 37.5. The second-order valence-electron chi connectivity index (χ2n) is 13.3. The Labute approximate surface area is 310 Å². The van der Waals surface area contributed by atoms with Gasteiger partial charge in [-0.05, 0) is 57.8 Å². The van der Waals surface area contributed by atoms with Gasteiger partial charge in [-0.25, -0.2) is 4.57 Å². The number of ether oxygens (including phenoxy) is 2. The summed E-state index contributed by atoms with van der Waals surface area (Å²) in [6.45, 7) is 1.65. The number of esters is 2. The summed E-state index contributed by atoms with van der Waals surface area (Å²) in [5, 5.41) is 8.77. The van der Waals surface area contributed by atoms with Crippen molar-refractivity contribution in [3.63, 3.8) is 0 Å². The lowest BCUT2D eigenvalue weighted by molar-refractivity contribution is -0.161. The van der Waals surface area contributed by atoms with Crippen molar-refractivity contribution in [2.24, 2.45) is 0 Å². The van der Waals surface area contributed by atoms with Crippen LogP contribution in [0.15, 0.2) is 48.6 Å². The van der Waals surface area contributed by atoms with Gasteiger partial charge in [0.2, 0.25) is 0 Å². The fraction of sp³-hybridized carbons (Fsp3) is 0.756. The smallest absolute Gasteiger partial charge is 0.462 e. The second-order valence-corrected chi connectivity index (χ2v) is 14.6. The Kier molecular flexibility index (Phi) is 36.2. The Balaban J connectivity index is 4.03. The highest BCUT2D eigenvalue weighted by atomic mass is 31.2. The van der Waals surface area contributed by atoms with Gasteiger partial charge in [0.05, 0.1) is 6.61 Å². The summed E-state index contributed by atoms with van der Waals surface area (Å²) in [5.41, 5.74) is 0. The van der Waals surface area contributed by atoms with Crippen LogP contribution in [0.25, 0.3) is 0 Å². The van der Waals surface area contributed by atoms with Gasteiger partial charge in [0, 0.05) is 19.4 Å². The van der Waals surface area contributed by atoms with E-state index in [4.69, 9.17) is 24.4 Å². The molecule has 9 nitrogen and oxygen atoms in total. The van der Waals surface area contributed by atoms with Crippen molar-refractivity contribution in [3.05, 3.63) is 48.6 Å². The van der Waals surface area contributed by atoms with Crippen LogP contribution in [0, 0.1) is 0 Å². The predicted molar refractivity (Wildman–Crippen MR) is 208 cm³/mol. The van der Waals surface area contributed by atoms with Crippen LogP contribution in [0.4, 0.5) is 0 Å². The minimum atomic E-state index is -4.77. The Morgan fingerprint density at radius 3 is 1.47 bits per heavy atom. The fourth-order valence-electron chi connectivity index (χ4n) is 5.40. The zero-order valence-corrected chi connectivity index (χ0v) is 32.8. The number of aliphatic hydroxyl groups excluding tert-OH is 1. The first kappa shape index (κ1) is 49.0. The van der Waals surface area contributed by atoms with Gasteiger partial charge in [-0.3, -0.25) is 14.1 Å². The predicted octanol–water partition coefficient (Wildman–Crippen LogP) is 10.9. The van der Waals surface area contributed by atoms with E-state index in [9.17, 15) is 14.2 Å². The highest BCUT2D eigenvalue weighted by molar-refractivity contribution is 7.46. The topological polar surface area (TPSA) is 140 Å². The third-order valence-corrected chi connectivity index (χ3v) is 8.89. The lowest BCUT2D eigenvalue weighted by Gasteiger charge is -2.18. The van der Waals surface area contributed by atoms with Gasteiger partial charge >= 0.3 is 19.8 Å². The third kappa shape index (κ3) is 40.6. The van der Waals surface area contributed by atoms with Gasteiger partial charge in [0.25, 0.3) is 0 Å². The van der Waals surface area contributed by atoms with Crippen molar-refractivity contribution in [2.75, 3.05) is 19.8 Å². The molecule has 0 rings (SSSR count). The molecule has 1 atom stereocenters. The number of phosphoric acid groups is 1. The summed E-state index contributed by atoms with van der Waals surface area (Å²) in [6.07, 6.45) is 42.8. The maximum Gasteiger partial charge on any atom is 0.469 e. The molecule has 0 aromatic rings. The molecular formula is C41H73O9P. The van der Waals surface area contributed by atoms with Crippen molar-refractivity contribution in [3.8, 4) is 0 Å². The molecule has 0 amide bonds. The van der Waals surface area contributed by atoms with Crippen LogP contribution in [0.1, 0.15) is 174 Å². The molecule has 0 saturated heterocycles. The number of hydrogen-bond donors (Lipinski definition) is 3. The van der Waals surface area contributed by atoms with Crippen LogP contribution in [0.3, 0.4) is 0 Å². The highest BCUT2D eigenvalue weighted by Crippen LogP contribution is 2.36. The number of allylic oxidation sites excluding steroid dienone is 8. The Bertz CT molecular complexity index is 970. The van der Waals surface area contributed by atoms with E-state index in [0.717, 1.165) is 57.8 Å². The van der Waals surface area contributed by atoms with E-state index in [1.807, 2.05) is 12.2 Å². The van der Waals surface area contributed by atoms with Crippen LogP contribution >= 0.6 is 7.82 Å². The molecule has 0 aromatic carbocycles. The molecule has 0 heterocycles. The van der Waals surface area contributed by atoms with Crippen molar-refractivity contribution >= 4 is 19.8 Å². The molecule has 0 aliphatic carbocycles. The van der Waals surface area contributed by atoms with E-state index < -0.39 is 32.5 Å². The molecule has 0 saturated carbocycles. The molecule has 0 radical (unpaired) electrons. The van der Waals surface area contributed by atoms with Crippen LogP contribution in [-0.2, 0) is 28.2 Å². The fourth-order valence-corrected chi connectivity index (χ4v) is 5.76. The number of phosphoric ester groups is 1. The quantitative estimate of drug-likeness (QED) is 0.0246. The van der Waals surface area contributed by atoms with Gasteiger partial charge in [-0.1, -0.05) is 152 Å². The second kappa shape index (κ2) is 37.7. The first-order valence-electron chi connectivity index (χ1n) is 20.0. The minimum absolute atomic E-state index is 0.127. The average Bonchev–Trinajstić information content (AvgIpc) is 3.10. The molecule has 10 heteroatoms. The van der Waals surface area contributed by atoms with Crippen molar-refractivity contribution < 1.29 is 43.0 Å². The van der Waals surface area contributed by atoms with Crippen LogP contribution < -0.4 is 0 Å². The van der Waals surface area contributed by atoms with Gasteiger partial charge < -0.3 is 24.4 Å². The molecule has 0 unspecified atom stereocenters. The molecule has 0 bridgehead atoms. The van der Waals surface area contributed by atoms with E-state index in [1.165, 1.54) is 77.0 Å². The molecule has 0 aromatic heterocycles. The van der Waals surface area contributed by atoms with E-state index >= 15 is 0 Å². The van der Waals surface area contributed by atoms with E-state index in [2.05, 4.69) is 47.9 Å². The maximum atomic E-state index is 12.4. The first-order valence-corrected chi connectivity index (χ1v) is 21.6. The van der Waals surface area contributed by atoms with Crippen LogP contribution in [0.2, 0.25) is 0 Å². The molecule has 296 valence electrons. The lowest BCUT2D eigenvalue weighted by Crippen LogP contribution is -2.29. The average molecular weight is 741 g/mol. The summed E-state index contributed by atoms with van der Waals surface area (Å²) in [6, 6.07) is 0. The Hall–Kier alpha value is -2.03. The summed E-state index contributed by atoms with van der Waals surface area (Å²) < 4.78 is 26.3. The monoisotopic (exact) mass is 740 g/mol. The molecule has 0 spiro atoms. The minimum Gasteiger partial charge on any atom is -0.462 e. The van der Waals surface area contributed by atoms with E-state index in [1.54, 1.807) is 0 Å². The highest BCUT2D eigenvalue weighted by Gasteiger charge is 2.22. The molecule has 3 N–H and O–H groups in total. The summed E-state index contributed by atoms with van der Waals surface area (Å²) in [5.74, 6) is -0.962. The standard InChI is InChI=1S/C41H73O9P/c1-2-3-4-5-6-7-8-9-13-16-19-22-25-28-31-34-40(43)48-37-39(38-49-51(45,46)47)50-41(44)35-32-29-26-23-20-17-14-11-10-12-15-18-21-24-27-30-33-36-42/h10,12,14,17-18,21,23,26,39,42H,2-9,11,13,15-16,19-20,22,24-25,27-38H2,1H3,(H2,45,46,47)/b12-10-,17-14-,21-18-,26-23-/t39-/m1/s1. The molecule has 51 heavy (non-hydrogen) atoms. The van der Waals surface area contributed by atoms with Gasteiger partial charge in [-0.15, -0.1) is 0 Å². The van der Waals surface area contributed by atoms with Crippen molar-refractivity contribution in [1.29, 1.82) is 0 Å². The summed E-state index contributed by atoms with van der Waals surface area (Å²) >= 11 is 0. The number of hydrogen-bond acceptors (Lipinski definition) is 7. The summed E-state index contributed by atoms with van der Waals surface area (Å²) in [7, 11) is -4.77. The summed E-state index contributed by atoms with van der Waals surface area (Å²) in [4.78, 5) is 42.7. The maximum absolute atomic E-state index is 12.4. The molecular weight excluding hydrogens is 667 g/mol. The van der Waals surface area contributed by atoms with E-state index in [0.29, 0.717) is 19.3 Å². The first-order chi connectivity index (χ1) is 24.8. The zero-order valence-electron chi connectivity index (χ0n) is 31.9. The number of carbonyl (C=O) groups excluding carboxylic acids is 2. The largest absolute Gasteiger partial charge is 0.469 e. The normalized spacial score (nSPS) is 12.9. The third-order valence-electron chi connectivity index (χ3n) is 8.41. The SMILES string of the molecule is CCCCCCCCCCCCCCCCCC(=O)OC[C@H](COP(=O)(O)O)OC(=O)CCC/C=C\C/C=C\C/C=C\C/C=C\CCCCCO. The Morgan fingerprint density at radius 1 is 0.549 bits per heavy atom. The molecule has 0 aliphatic rings.